The largest absolute Gasteiger partial charge is 0.362 e. The maximum atomic E-state index is 11.2. The summed E-state index contributed by atoms with van der Waals surface area (Å²) in [6.45, 7) is 1.89. The van der Waals surface area contributed by atoms with Crippen LogP contribution in [0.25, 0.3) is 5.82 Å². The van der Waals surface area contributed by atoms with Gasteiger partial charge in [-0.1, -0.05) is 18.5 Å². The molecule has 0 saturated heterocycles. The quantitative estimate of drug-likeness (QED) is 0.789. The molecule has 9 heteroatoms. The lowest BCUT2D eigenvalue weighted by atomic mass is 10.3. The highest BCUT2D eigenvalue weighted by atomic mass is 35.5. The minimum atomic E-state index is -3.65. The van der Waals surface area contributed by atoms with E-state index in [1.165, 1.54) is 16.8 Å². The van der Waals surface area contributed by atoms with Crippen molar-refractivity contribution in [3.05, 3.63) is 29.0 Å². The van der Waals surface area contributed by atoms with Crippen LogP contribution >= 0.6 is 11.6 Å². The zero-order chi connectivity index (χ0) is 14.0. The van der Waals surface area contributed by atoms with Crippen molar-refractivity contribution >= 4 is 21.7 Å². The van der Waals surface area contributed by atoms with Gasteiger partial charge in [-0.3, -0.25) is 0 Å². The molecule has 0 aromatic carbocycles. The molecule has 0 bridgehead atoms. The number of halogens is 1. The molecule has 2 aromatic heterocycles. The van der Waals surface area contributed by atoms with Crippen molar-refractivity contribution in [3.63, 3.8) is 0 Å². The molecule has 0 N–H and O–H groups in total. The fourth-order valence-corrected chi connectivity index (χ4v) is 1.91. The first-order valence-electron chi connectivity index (χ1n) is 5.37. The van der Waals surface area contributed by atoms with Gasteiger partial charge in [0.2, 0.25) is 5.88 Å². The first-order valence-corrected chi connectivity index (χ1v) is 7.56. The number of aryl methyl sites for hydroxylation is 1. The van der Waals surface area contributed by atoms with Crippen molar-refractivity contribution in [1.29, 1.82) is 0 Å². The molecular weight excluding hydrogens is 292 g/mol. The van der Waals surface area contributed by atoms with E-state index in [0.717, 1.165) is 6.26 Å². The van der Waals surface area contributed by atoms with E-state index in [2.05, 4.69) is 15.3 Å². The summed E-state index contributed by atoms with van der Waals surface area (Å²) >= 11 is 5.65. The third kappa shape index (κ3) is 3.42. The number of hydrogen-bond donors (Lipinski definition) is 0. The summed E-state index contributed by atoms with van der Waals surface area (Å²) in [7, 11) is -3.65. The lowest BCUT2D eigenvalue weighted by Crippen LogP contribution is -2.11. The van der Waals surface area contributed by atoms with Gasteiger partial charge in [0.15, 0.2) is 11.0 Å². The second-order valence-electron chi connectivity index (χ2n) is 3.74. The summed E-state index contributed by atoms with van der Waals surface area (Å²) in [5.74, 6) is 0.388. The minimum absolute atomic E-state index is 0.0657. The Labute approximate surface area is 115 Å². The molecule has 0 spiro atoms. The van der Waals surface area contributed by atoms with Gasteiger partial charge in [-0.25, -0.2) is 0 Å². The molecule has 0 aliphatic heterocycles. The summed E-state index contributed by atoms with van der Waals surface area (Å²) in [4.78, 5) is 0. The fourth-order valence-electron chi connectivity index (χ4n) is 1.38. The van der Waals surface area contributed by atoms with Gasteiger partial charge in [0.25, 0.3) is 0 Å². The molecule has 102 valence electrons. The maximum absolute atomic E-state index is 11.2. The van der Waals surface area contributed by atoms with Crippen LogP contribution in [-0.4, -0.2) is 34.7 Å². The van der Waals surface area contributed by atoms with Gasteiger partial charge in [-0.15, -0.1) is 10.2 Å². The first kappa shape index (κ1) is 13.8. The number of hydrogen-bond acceptors (Lipinski definition) is 6. The van der Waals surface area contributed by atoms with Crippen LogP contribution in [0.1, 0.15) is 12.6 Å². The predicted octanol–water partition coefficient (Wildman–Crippen LogP) is 1.22. The molecule has 2 heterocycles. The highest BCUT2D eigenvalue weighted by molar-refractivity contribution is 7.86. The van der Waals surface area contributed by atoms with Crippen LogP contribution in [0.4, 0.5) is 0 Å². The van der Waals surface area contributed by atoms with Crippen LogP contribution in [0.5, 0.6) is 5.88 Å². The van der Waals surface area contributed by atoms with E-state index in [0.29, 0.717) is 17.9 Å². The van der Waals surface area contributed by atoms with Crippen LogP contribution < -0.4 is 4.18 Å². The van der Waals surface area contributed by atoms with Gasteiger partial charge in [-0.2, -0.15) is 18.2 Å². The maximum Gasteiger partial charge on any atom is 0.307 e. The van der Waals surface area contributed by atoms with E-state index in [4.69, 9.17) is 15.8 Å². The van der Waals surface area contributed by atoms with E-state index in [-0.39, 0.29) is 11.0 Å². The third-order valence-electron chi connectivity index (χ3n) is 2.16. The van der Waals surface area contributed by atoms with Crippen molar-refractivity contribution in [2.24, 2.45) is 0 Å². The number of aromatic nitrogens is 4. The second-order valence-corrected chi connectivity index (χ2v) is 5.70. The van der Waals surface area contributed by atoms with Crippen molar-refractivity contribution in [3.8, 4) is 11.7 Å². The Hall–Kier alpha value is -1.67. The van der Waals surface area contributed by atoms with Crippen LogP contribution in [0.2, 0.25) is 5.15 Å². The van der Waals surface area contributed by atoms with Crippen molar-refractivity contribution < 1.29 is 12.6 Å². The Balaban J connectivity index is 2.49. The zero-order valence-corrected chi connectivity index (χ0v) is 11.8. The smallest absolute Gasteiger partial charge is 0.307 e. The van der Waals surface area contributed by atoms with Crippen LogP contribution in [0.15, 0.2) is 18.2 Å². The molecule has 0 aliphatic carbocycles. The molecule has 19 heavy (non-hydrogen) atoms. The average Bonchev–Trinajstić information content (AvgIpc) is 2.71. The lowest BCUT2D eigenvalue weighted by molar-refractivity contribution is 0.469. The van der Waals surface area contributed by atoms with Crippen LogP contribution in [-0.2, 0) is 16.5 Å². The van der Waals surface area contributed by atoms with Crippen molar-refractivity contribution in [2.75, 3.05) is 6.26 Å². The highest BCUT2D eigenvalue weighted by Gasteiger charge is 2.15. The SMILES string of the molecule is CCc1cc(OS(C)(=O)=O)n(-c2ccc(Cl)nn2)n1. The number of nitrogens with zero attached hydrogens (tertiary/aromatic N) is 4. The molecule has 0 unspecified atom stereocenters. The zero-order valence-electron chi connectivity index (χ0n) is 10.2. The van der Waals surface area contributed by atoms with Gasteiger partial charge >= 0.3 is 10.1 Å². The Morgan fingerprint density at radius 3 is 2.63 bits per heavy atom. The number of rotatable bonds is 4. The van der Waals surface area contributed by atoms with E-state index < -0.39 is 10.1 Å². The summed E-state index contributed by atoms with van der Waals surface area (Å²) < 4.78 is 28.6. The Morgan fingerprint density at radius 2 is 2.11 bits per heavy atom. The summed E-state index contributed by atoms with van der Waals surface area (Å²) in [6, 6.07) is 4.63. The van der Waals surface area contributed by atoms with Gasteiger partial charge in [-0.05, 0) is 18.6 Å². The third-order valence-corrected chi connectivity index (χ3v) is 2.84. The molecule has 0 atom stereocenters. The standard InChI is InChI=1S/C10H11ClN4O3S/c1-3-7-6-10(18-19(2,16)17)15(14-7)9-5-4-8(11)12-13-9/h4-6H,3H2,1-2H3. The fraction of sp³-hybridized carbons (Fsp3) is 0.300. The average molecular weight is 303 g/mol. The van der Waals surface area contributed by atoms with Gasteiger partial charge in [0, 0.05) is 6.07 Å². The predicted molar refractivity (Wildman–Crippen MR) is 69.0 cm³/mol. The van der Waals surface area contributed by atoms with E-state index in [9.17, 15) is 8.42 Å². The van der Waals surface area contributed by atoms with Gasteiger partial charge in [0.05, 0.1) is 11.9 Å². The highest BCUT2D eigenvalue weighted by Crippen LogP contribution is 2.20. The van der Waals surface area contributed by atoms with E-state index in [1.807, 2.05) is 6.92 Å². The lowest BCUT2D eigenvalue weighted by Gasteiger charge is -2.05. The van der Waals surface area contributed by atoms with Crippen molar-refractivity contribution in [2.45, 2.75) is 13.3 Å². The summed E-state index contributed by atoms with van der Waals surface area (Å²) in [5, 5.41) is 11.9. The molecule has 2 aromatic rings. The summed E-state index contributed by atoms with van der Waals surface area (Å²) in [6.07, 6.45) is 1.59. The molecule has 0 radical (unpaired) electrons. The molecule has 0 aliphatic rings. The van der Waals surface area contributed by atoms with E-state index in [1.54, 1.807) is 6.07 Å². The van der Waals surface area contributed by atoms with Crippen molar-refractivity contribution in [1.82, 2.24) is 20.0 Å². The van der Waals surface area contributed by atoms with Gasteiger partial charge < -0.3 is 4.18 Å². The first-order chi connectivity index (χ1) is 8.89. The Bertz CT molecular complexity index is 681. The molecule has 0 amide bonds. The molecule has 0 saturated carbocycles. The van der Waals surface area contributed by atoms with Gasteiger partial charge in [0.1, 0.15) is 0 Å². The molecule has 7 nitrogen and oxygen atoms in total. The normalized spacial score (nSPS) is 11.5. The molecule has 0 fully saturated rings. The summed E-state index contributed by atoms with van der Waals surface area (Å²) in [5.41, 5.74) is 0.676. The minimum Gasteiger partial charge on any atom is -0.362 e. The van der Waals surface area contributed by atoms with E-state index >= 15 is 0 Å². The molecular formula is C10H11ClN4O3S. The Morgan fingerprint density at radius 1 is 1.37 bits per heavy atom. The second kappa shape index (κ2) is 5.14. The Kier molecular flexibility index (Phi) is 3.72. The van der Waals surface area contributed by atoms with Crippen LogP contribution in [0.3, 0.4) is 0 Å². The monoisotopic (exact) mass is 302 g/mol. The van der Waals surface area contributed by atoms with Crippen LogP contribution in [0, 0.1) is 0 Å². The molecule has 2 rings (SSSR count). The topological polar surface area (TPSA) is 87.0 Å².